The highest BCUT2D eigenvalue weighted by Gasteiger charge is 2.71. The molecule has 0 spiro atoms. The summed E-state index contributed by atoms with van der Waals surface area (Å²) < 4.78 is 5.20. The Morgan fingerprint density at radius 1 is 1.02 bits per heavy atom. The largest absolute Gasteiger partial charge is 0.511 e. The van der Waals surface area contributed by atoms with E-state index >= 15 is 0 Å². The molecular weight excluding hydrogens is 572 g/mol. The first-order chi connectivity index (χ1) is 20.9. The third-order valence-corrected chi connectivity index (χ3v) is 10.1. The minimum Gasteiger partial charge on any atom is -0.511 e. The summed E-state index contributed by atoms with van der Waals surface area (Å²) in [6, 6.07) is 8.87. The van der Waals surface area contributed by atoms with Crippen molar-refractivity contribution in [2.24, 2.45) is 22.7 Å². The number of hydrogen-bond acceptors (Lipinski definition) is 8. The molecular formula is C37H40O8. The minimum atomic E-state index is -2.65. The van der Waals surface area contributed by atoms with E-state index in [1.165, 1.54) is 0 Å². The van der Waals surface area contributed by atoms with Gasteiger partial charge in [-0.25, -0.2) is 0 Å². The first-order valence-electron chi connectivity index (χ1n) is 15.2. The van der Waals surface area contributed by atoms with Gasteiger partial charge in [0.25, 0.3) is 0 Å². The SMILES string of the molecule is COc1ccc(C#Cc2cc(C(C)C)c3c(c2O)C(=O)C2=C(O)[C@@]4(O)C(=O)C(C(C)=O)=C(O)C(C(C)C)[C@@]4(C)C[C@@]2(C)C3)cc1. The first-order valence-corrected chi connectivity index (χ1v) is 15.2. The molecule has 0 aromatic heterocycles. The Kier molecular flexibility index (Phi) is 7.57. The fraction of sp³-hybridized carbons (Fsp3) is 0.432. The van der Waals surface area contributed by atoms with E-state index in [4.69, 9.17) is 4.74 Å². The average molecular weight is 613 g/mol. The molecule has 0 aliphatic heterocycles. The number of phenolic OH excluding ortho intramolecular Hbond substituents is 1. The maximum atomic E-state index is 14.5. The van der Waals surface area contributed by atoms with Crippen molar-refractivity contribution in [3.63, 3.8) is 0 Å². The maximum absolute atomic E-state index is 14.5. The molecule has 45 heavy (non-hydrogen) atoms. The number of ether oxygens (including phenoxy) is 1. The lowest BCUT2D eigenvalue weighted by Gasteiger charge is -2.59. The number of hydrogen-bond donors (Lipinski definition) is 4. The van der Waals surface area contributed by atoms with E-state index in [2.05, 4.69) is 11.8 Å². The molecule has 236 valence electrons. The zero-order valence-electron chi connectivity index (χ0n) is 27.0. The number of aromatic hydroxyl groups is 1. The monoisotopic (exact) mass is 612 g/mol. The summed E-state index contributed by atoms with van der Waals surface area (Å²) in [6.07, 6.45) is 0.262. The molecule has 0 amide bonds. The topological polar surface area (TPSA) is 141 Å². The van der Waals surface area contributed by atoms with Crippen molar-refractivity contribution in [3.05, 3.63) is 80.8 Å². The van der Waals surface area contributed by atoms with Crippen molar-refractivity contribution in [2.75, 3.05) is 7.11 Å². The van der Waals surface area contributed by atoms with Crippen LogP contribution < -0.4 is 4.74 Å². The number of aliphatic hydroxyl groups is 3. The molecule has 8 heteroatoms. The molecule has 4 N–H and O–H groups in total. The summed E-state index contributed by atoms with van der Waals surface area (Å²) >= 11 is 0. The molecule has 0 bridgehead atoms. The number of ketones is 3. The number of allylic oxidation sites excluding steroid dienone is 2. The number of phenols is 1. The highest BCUT2D eigenvalue weighted by molar-refractivity contribution is 6.25. The van der Waals surface area contributed by atoms with Crippen LogP contribution in [0.1, 0.15) is 93.4 Å². The van der Waals surface area contributed by atoms with Crippen molar-refractivity contribution in [1.29, 1.82) is 0 Å². The van der Waals surface area contributed by atoms with Crippen molar-refractivity contribution in [2.45, 2.75) is 72.8 Å². The standard InChI is InChI=1S/C37H40O8/c1-18(2)24-15-22(12-9-21-10-13-23(45-8)14-11-21)30(39)27-25(24)16-35(6)17-36(7)28(19(3)4)31(40)26(20(5)38)33(42)37(36,44)34(43)29(35)32(27)41/h10-11,13-15,18-19,28,39-40,43-44H,16-17H2,1-8H3/t28?,35-,36-,37+/m1/s1. The van der Waals surface area contributed by atoms with Crippen LogP contribution in [-0.2, 0) is 16.0 Å². The molecule has 3 aliphatic rings. The maximum Gasteiger partial charge on any atom is 0.209 e. The molecule has 3 aliphatic carbocycles. The summed E-state index contributed by atoms with van der Waals surface area (Å²) in [5.74, 6) is 1.23. The van der Waals surface area contributed by atoms with Crippen molar-refractivity contribution in [3.8, 4) is 23.3 Å². The number of fused-ring (bicyclic) bond motifs is 3. The highest BCUT2D eigenvalue weighted by atomic mass is 16.5. The second-order valence-corrected chi connectivity index (χ2v) is 13.8. The van der Waals surface area contributed by atoms with E-state index in [1.54, 1.807) is 51.3 Å². The third kappa shape index (κ3) is 4.43. The molecule has 0 fully saturated rings. The van der Waals surface area contributed by atoms with E-state index in [0.29, 0.717) is 16.9 Å². The smallest absolute Gasteiger partial charge is 0.209 e. The summed E-state index contributed by atoms with van der Waals surface area (Å²) in [6.45, 7) is 12.1. The molecule has 5 rings (SSSR count). The number of rotatable bonds is 4. The summed E-state index contributed by atoms with van der Waals surface area (Å²) in [5.41, 5.74) is -3.67. The second kappa shape index (κ2) is 10.6. The van der Waals surface area contributed by atoms with Crippen LogP contribution in [0.3, 0.4) is 0 Å². The zero-order valence-corrected chi connectivity index (χ0v) is 27.0. The van der Waals surface area contributed by atoms with Crippen LogP contribution in [-0.4, -0.2) is 50.5 Å². The van der Waals surface area contributed by atoms with Crippen molar-refractivity contribution < 1.29 is 39.5 Å². The molecule has 1 unspecified atom stereocenters. The van der Waals surface area contributed by atoms with Crippen LogP contribution in [0, 0.1) is 34.5 Å². The first kappa shape index (κ1) is 32.1. The quantitative estimate of drug-likeness (QED) is 0.248. The Balaban J connectivity index is 1.76. The molecule has 0 heterocycles. The second-order valence-electron chi connectivity index (χ2n) is 13.8. The van der Waals surface area contributed by atoms with Crippen molar-refractivity contribution in [1.82, 2.24) is 0 Å². The van der Waals surface area contributed by atoms with E-state index in [-0.39, 0.29) is 47.1 Å². The molecule has 4 atom stereocenters. The molecule has 8 nitrogen and oxygen atoms in total. The Bertz CT molecular complexity index is 1780. The minimum absolute atomic E-state index is 0.0275. The normalized spacial score (nSPS) is 27.6. The van der Waals surface area contributed by atoms with Crippen LogP contribution in [0.4, 0.5) is 0 Å². The summed E-state index contributed by atoms with van der Waals surface area (Å²) in [5, 5.41) is 47.0. The Labute approximate surface area is 263 Å². The van der Waals surface area contributed by atoms with Gasteiger partial charge in [-0.2, -0.15) is 0 Å². The van der Waals surface area contributed by atoms with Gasteiger partial charge < -0.3 is 25.2 Å². The molecule has 0 saturated heterocycles. The Morgan fingerprint density at radius 3 is 2.18 bits per heavy atom. The van der Waals surface area contributed by atoms with Crippen LogP contribution >= 0.6 is 0 Å². The van der Waals surface area contributed by atoms with Crippen LogP contribution in [0.5, 0.6) is 11.5 Å². The van der Waals surface area contributed by atoms with E-state index in [1.807, 2.05) is 27.7 Å². The predicted molar refractivity (Wildman–Crippen MR) is 168 cm³/mol. The number of Topliss-reactive ketones (excluding diaryl/α,β-unsaturated/α-hetero) is 3. The Morgan fingerprint density at radius 2 is 1.64 bits per heavy atom. The van der Waals surface area contributed by atoms with Gasteiger partial charge in [-0.3, -0.25) is 14.4 Å². The van der Waals surface area contributed by atoms with Gasteiger partial charge in [0.2, 0.25) is 5.78 Å². The molecule has 0 saturated carbocycles. The van der Waals surface area contributed by atoms with Crippen molar-refractivity contribution >= 4 is 17.3 Å². The van der Waals surface area contributed by atoms with Gasteiger partial charge in [-0.15, -0.1) is 0 Å². The van der Waals surface area contributed by atoms with Gasteiger partial charge in [-0.1, -0.05) is 53.4 Å². The lowest BCUT2D eigenvalue weighted by atomic mass is 9.44. The fourth-order valence-electron chi connectivity index (χ4n) is 8.25. The van der Waals surface area contributed by atoms with Gasteiger partial charge in [0, 0.05) is 27.9 Å². The highest BCUT2D eigenvalue weighted by Crippen LogP contribution is 2.65. The number of aliphatic hydroxyl groups excluding tert-OH is 2. The summed E-state index contributed by atoms with van der Waals surface area (Å²) in [7, 11) is 1.57. The molecule has 2 aromatic rings. The van der Waals surface area contributed by atoms with Gasteiger partial charge in [-0.05, 0) is 73.1 Å². The van der Waals surface area contributed by atoms with Gasteiger partial charge >= 0.3 is 0 Å². The summed E-state index contributed by atoms with van der Waals surface area (Å²) in [4.78, 5) is 41.0. The van der Waals surface area contributed by atoms with Crippen LogP contribution in [0.25, 0.3) is 0 Å². The van der Waals surface area contributed by atoms with Gasteiger partial charge in [0.15, 0.2) is 17.2 Å². The van der Waals surface area contributed by atoms with Gasteiger partial charge in [0.1, 0.15) is 28.6 Å². The lowest BCUT2D eigenvalue weighted by Crippen LogP contribution is -2.67. The van der Waals surface area contributed by atoms with E-state index in [9.17, 15) is 34.8 Å². The lowest BCUT2D eigenvalue weighted by molar-refractivity contribution is -0.171. The fourth-order valence-corrected chi connectivity index (χ4v) is 8.25. The zero-order chi connectivity index (χ0) is 33.4. The number of benzene rings is 2. The predicted octanol–water partition coefficient (Wildman–Crippen LogP) is 5.88. The van der Waals surface area contributed by atoms with Gasteiger partial charge in [0.05, 0.1) is 18.2 Å². The number of carbonyl (C=O) groups excluding carboxylic acids is 3. The Hall–Kier alpha value is -4.35. The number of methoxy groups -OCH3 is 1. The van der Waals surface area contributed by atoms with Crippen LogP contribution in [0.2, 0.25) is 0 Å². The van der Waals surface area contributed by atoms with Crippen LogP contribution in [0.15, 0.2) is 53.0 Å². The van der Waals surface area contributed by atoms with E-state index < -0.39 is 56.8 Å². The average Bonchev–Trinajstić information content (AvgIpc) is 2.94. The van der Waals surface area contributed by atoms with E-state index in [0.717, 1.165) is 12.5 Å². The molecule has 0 radical (unpaired) electrons. The third-order valence-electron chi connectivity index (χ3n) is 10.1. The number of carbonyl (C=O) groups is 3. The molecule has 2 aromatic carbocycles.